The number of aryl methyl sites for hydroxylation is 1. The quantitative estimate of drug-likeness (QED) is 0.264. The SMILES string of the molecule is CCS(=O)(=O)CCNC(=NC)NCCCn1ccc2ccccc21.I. The molecule has 8 heteroatoms. The highest BCUT2D eigenvalue weighted by Crippen LogP contribution is 2.15. The molecule has 2 N–H and O–H groups in total. The summed E-state index contributed by atoms with van der Waals surface area (Å²) in [5, 5.41) is 7.50. The molecule has 2 rings (SSSR count). The molecule has 0 atom stereocenters. The second kappa shape index (κ2) is 10.6. The average Bonchev–Trinajstić information content (AvgIpc) is 3.00. The van der Waals surface area contributed by atoms with Gasteiger partial charge in [0.15, 0.2) is 15.8 Å². The van der Waals surface area contributed by atoms with Crippen molar-refractivity contribution in [2.75, 3.05) is 31.6 Å². The Kier molecular flexibility index (Phi) is 9.26. The number of halogens is 1. The van der Waals surface area contributed by atoms with Crippen LogP contribution in [0.1, 0.15) is 13.3 Å². The van der Waals surface area contributed by atoms with Crippen LogP contribution >= 0.6 is 24.0 Å². The molecular weight excluding hydrogens is 451 g/mol. The van der Waals surface area contributed by atoms with Crippen LogP contribution in [-0.2, 0) is 16.4 Å². The van der Waals surface area contributed by atoms with Crippen molar-refractivity contribution in [1.82, 2.24) is 15.2 Å². The molecule has 0 aliphatic rings. The van der Waals surface area contributed by atoms with Crippen molar-refractivity contribution < 1.29 is 8.42 Å². The summed E-state index contributed by atoms with van der Waals surface area (Å²) in [5.41, 5.74) is 1.24. The Labute approximate surface area is 167 Å². The van der Waals surface area contributed by atoms with Gasteiger partial charge in [0.25, 0.3) is 0 Å². The van der Waals surface area contributed by atoms with E-state index in [1.807, 2.05) is 12.1 Å². The summed E-state index contributed by atoms with van der Waals surface area (Å²) >= 11 is 0. The summed E-state index contributed by atoms with van der Waals surface area (Å²) in [6.45, 7) is 3.72. The fourth-order valence-corrected chi connectivity index (χ4v) is 3.18. The molecule has 0 radical (unpaired) electrons. The van der Waals surface area contributed by atoms with Crippen LogP contribution < -0.4 is 10.6 Å². The van der Waals surface area contributed by atoms with Gasteiger partial charge in [-0.15, -0.1) is 24.0 Å². The molecule has 140 valence electrons. The van der Waals surface area contributed by atoms with Crippen LogP contribution in [0.4, 0.5) is 0 Å². The van der Waals surface area contributed by atoms with Crippen LogP contribution in [0, 0.1) is 0 Å². The first kappa shape index (κ1) is 21.8. The van der Waals surface area contributed by atoms with Gasteiger partial charge in [-0.3, -0.25) is 4.99 Å². The summed E-state index contributed by atoms with van der Waals surface area (Å²) in [6.07, 6.45) is 3.06. The Morgan fingerprint density at radius 2 is 1.88 bits per heavy atom. The zero-order valence-corrected chi connectivity index (χ0v) is 17.9. The molecule has 0 spiro atoms. The van der Waals surface area contributed by atoms with Crippen LogP contribution in [0.25, 0.3) is 10.9 Å². The minimum atomic E-state index is -2.95. The molecule has 2 aromatic rings. The first-order chi connectivity index (χ1) is 11.6. The maximum atomic E-state index is 11.5. The number of nitrogens with zero attached hydrogens (tertiary/aromatic N) is 2. The molecular formula is C17H27IN4O2S. The number of hydrogen-bond acceptors (Lipinski definition) is 3. The molecule has 6 nitrogen and oxygen atoms in total. The first-order valence-electron chi connectivity index (χ1n) is 8.24. The van der Waals surface area contributed by atoms with E-state index in [2.05, 4.69) is 44.6 Å². The smallest absolute Gasteiger partial charge is 0.191 e. The molecule has 25 heavy (non-hydrogen) atoms. The lowest BCUT2D eigenvalue weighted by Crippen LogP contribution is -2.40. The Hall–Kier alpha value is -1.29. The van der Waals surface area contributed by atoms with Gasteiger partial charge in [-0.25, -0.2) is 8.42 Å². The zero-order valence-electron chi connectivity index (χ0n) is 14.7. The molecule has 0 aliphatic heterocycles. The van der Waals surface area contributed by atoms with Gasteiger partial charge in [0, 0.05) is 44.1 Å². The molecule has 0 amide bonds. The lowest BCUT2D eigenvalue weighted by Gasteiger charge is -2.12. The highest BCUT2D eigenvalue weighted by Gasteiger charge is 2.07. The van der Waals surface area contributed by atoms with Crippen molar-refractivity contribution in [3.05, 3.63) is 36.5 Å². The van der Waals surface area contributed by atoms with Crippen molar-refractivity contribution in [2.45, 2.75) is 19.9 Å². The largest absolute Gasteiger partial charge is 0.356 e. The first-order valence-corrected chi connectivity index (χ1v) is 10.1. The Morgan fingerprint density at radius 3 is 2.60 bits per heavy atom. The molecule has 0 saturated heterocycles. The van der Waals surface area contributed by atoms with Gasteiger partial charge >= 0.3 is 0 Å². The number of aliphatic imine (C=N–C) groups is 1. The van der Waals surface area contributed by atoms with E-state index in [1.54, 1.807) is 14.0 Å². The van der Waals surface area contributed by atoms with Crippen LogP contribution in [0.2, 0.25) is 0 Å². The third-order valence-electron chi connectivity index (χ3n) is 3.92. The van der Waals surface area contributed by atoms with Crippen molar-refractivity contribution in [2.24, 2.45) is 4.99 Å². The summed E-state index contributed by atoms with van der Waals surface area (Å²) in [7, 11) is -1.26. The van der Waals surface area contributed by atoms with E-state index < -0.39 is 9.84 Å². The van der Waals surface area contributed by atoms with Gasteiger partial charge in [-0.2, -0.15) is 0 Å². The minimum absolute atomic E-state index is 0. The summed E-state index contributed by atoms with van der Waals surface area (Å²) < 4.78 is 25.2. The zero-order chi connectivity index (χ0) is 17.4. The molecule has 1 heterocycles. The van der Waals surface area contributed by atoms with Crippen molar-refractivity contribution in [3.63, 3.8) is 0 Å². The summed E-state index contributed by atoms with van der Waals surface area (Å²) in [4.78, 5) is 4.11. The van der Waals surface area contributed by atoms with Gasteiger partial charge < -0.3 is 15.2 Å². The van der Waals surface area contributed by atoms with E-state index in [-0.39, 0.29) is 35.5 Å². The van der Waals surface area contributed by atoms with Crippen LogP contribution in [0.5, 0.6) is 0 Å². The number of sulfone groups is 1. The summed E-state index contributed by atoms with van der Waals surface area (Å²) in [5.74, 6) is 0.934. The number of benzene rings is 1. The molecule has 0 aliphatic carbocycles. The summed E-state index contributed by atoms with van der Waals surface area (Å²) in [6, 6.07) is 10.4. The monoisotopic (exact) mass is 478 g/mol. The molecule has 1 aromatic carbocycles. The Morgan fingerprint density at radius 1 is 1.16 bits per heavy atom. The number of hydrogen-bond donors (Lipinski definition) is 2. The number of rotatable bonds is 8. The Bertz CT molecular complexity index is 787. The highest BCUT2D eigenvalue weighted by atomic mass is 127. The van der Waals surface area contributed by atoms with Gasteiger partial charge in [0.2, 0.25) is 0 Å². The highest BCUT2D eigenvalue weighted by molar-refractivity contribution is 14.0. The predicted octanol–water partition coefficient (Wildman–Crippen LogP) is 2.25. The third kappa shape index (κ3) is 6.85. The van der Waals surface area contributed by atoms with Gasteiger partial charge in [0.05, 0.1) is 5.75 Å². The van der Waals surface area contributed by atoms with E-state index >= 15 is 0 Å². The van der Waals surface area contributed by atoms with E-state index in [4.69, 9.17) is 0 Å². The van der Waals surface area contributed by atoms with E-state index in [9.17, 15) is 8.42 Å². The second-order valence-electron chi connectivity index (χ2n) is 5.58. The third-order valence-corrected chi connectivity index (χ3v) is 5.62. The van der Waals surface area contributed by atoms with Crippen molar-refractivity contribution >= 4 is 50.7 Å². The van der Waals surface area contributed by atoms with Gasteiger partial charge in [0.1, 0.15) is 0 Å². The van der Waals surface area contributed by atoms with Crippen LogP contribution in [0.3, 0.4) is 0 Å². The van der Waals surface area contributed by atoms with Crippen LogP contribution in [0.15, 0.2) is 41.5 Å². The van der Waals surface area contributed by atoms with E-state index in [1.165, 1.54) is 10.9 Å². The van der Waals surface area contributed by atoms with Gasteiger partial charge in [-0.05, 0) is 23.9 Å². The van der Waals surface area contributed by atoms with Crippen LogP contribution in [-0.4, -0.2) is 50.6 Å². The maximum Gasteiger partial charge on any atom is 0.191 e. The number of para-hydroxylation sites is 1. The lowest BCUT2D eigenvalue weighted by molar-refractivity contribution is 0.595. The second-order valence-corrected chi connectivity index (χ2v) is 8.06. The van der Waals surface area contributed by atoms with Crippen molar-refractivity contribution in [1.29, 1.82) is 0 Å². The minimum Gasteiger partial charge on any atom is -0.356 e. The topological polar surface area (TPSA) is 75.5 Å². The number of nitrogens with one attached hydrogen (secondary N) is 2. The maximum absolute atomic E-state index is 11.5. The number of aromatic nitrogens is 1. The van der Waals surface area contributed by atoms with Gasteiger partial charge in [-0.1, -0.05) is 25.1 Å². The molecule has 1 aromatic heterocycles. The molecule has 0 unspecified atom stereocenters. The average molecular weight is 478 g/mol. The fraction of sp³-hybridized carbons (Fsp3) is 0.471. The molecule has 0 fully saturated rings. The predicted molar refractivity (Wildman–Crippen MR) is 116 cm³/mol. The standard InChI is InChI=1S/C17H26N4O2S.HI/c1-3-24(22,23)14-11-20-17(18-2)19-10-6-12-21-13-9-15-7-4-5-8-16(15)21;/h4-5,7-9,13H,3,6,10-12,14H2,1-2H3,(H2,18,19,20);1H. The van der Waals surface area contributed by atoms with E-state index in [0.717, 1.165) is 19.5 Å². The lowest BCUT2D eigenvalue weighted by atomic mass is 10.2. The normalized spacial score (nSPS) is 12.0. The van der Waals surface area contributed by atoms with E-state index in [0.29, 0.717) is 12.5 Å². The Balaban J connectivity index is 0.00000312. The fourth-order valence-electron chi connectivity index (χ4n) is 2.48. The molecule has 0 saturated carbocycles. The number of fused-ring (bicyclic) bond motifs is 1. The number of guanidine groups is 1. The molecule has 0 bridgehead atoms. The van der Waals surface area contributed by atoms with Crippen molar-refractivity contribution in [3.8, 4) is 0 Å².